The first kappa shape index (κ1) is 16.8. The van der Waals surface area contributed by atoms with Crippen molar-refractivity contribution in [2.75, 3.05) is 10.6 Å². The van der Waals surface area contributed by atoms with Crippen LogP contribution in [-0.2, 0) is 0 Å². The monoisotopic (exact) mass is 360 g/mol. The molecule has 1 heterocycles. The molecule has 0 aliphatic carbocycles. The van der Waals surface area contributed by atoms with Crippen LogP contribution in [0.15, 0.2) is 42.6 Å². The fourth-order valence-electron chi connectivity index (χ4n) is 2.17. The molecule has 0 aliphatic heterocycles. The van der Waals surface area contributed by atoms with Crippen LogP contribution in [0.3, 0.4) is 0 Å². The summed E-state index contributed by atoms with van der Waals surface area (Å²) in [5, 5.41) is 25.0. The first-order valence-electron chi connectivity index (χ1n) is 7.27. The van der Waals surface area contributed by atoms with Crippen LogP contribution < -0.4 is 10.6 Å². The fourth-order valence-corrected chi connectivity index (χ4v) is 2.44. The van der Waals surface area contributed by atoms with E-state index < -0.39 is 5.82 Å². The Morgan fingerprint density at radius 2 is 1.88 bits per heavy atom. The third kappa shape index (κ3) is 3.89. The molecule has 3 rings (SSSR count). The molecule has 0 unspecified atom stereocenters. The first-order chi connectivity index (χ1) is 11.9. The lowest BCUT2D eigenvalue weighted by Crippen LogP contribution is -2.03. The van der Waals surface area contributed by atoms with Crippen molar-refractivity contribution in [1.29, 1.82) is 0 Å². The van der Waals surface area contributed by atoms with Gasteiger partial charge in [-0.3, -0.25) is 0 Å². The van der Waals surface area contributed by atoms with Crippen molar-refractivity contribution in [1.82, 2.24) is 9.97 Å². The summed E-state index contributed by atoms with van der Waals surface area (Å²) < 4.78 is 14.0. The maximum atomic E-state index is 14.0. The normalized spacial score (nSPS) is 10.5. The van der Waals surface area contributed by atoms with Gasteiger partial charge in [-0.1, -0.05) is 17.7 Å². The number of nitrogens with one attached hydrogen (secondary N) is 2. The Kier molecular flexibility index (Phi) is 4.58. The summed E-state index contributed by atoms with van der Waals surface area (Å²) in [6.45, 7) is 1.68. The molecule has 0 fully saturated rings. The van der Waals surface area contributed by atoms with Crippen molar-refractivity contribution in [3.05, 3.63) is 59.0 Å². The van der Waals surface area contributed by atoms with Gasteiger partial charge in [-0.05, 0) is 36.8 Å². The van der Waals surface area contributed by atoms with E-state index in [0.717, 1.165) is 6.20 Å². The molecule has 0 aliphatic rings. The smallest absolute Gasteiger partial charge is 0.229 e. The van der Waals surface area contributed by atoms with Crippen molar-refractivity contribution >= 4 is 34.7 Å². The summed E-state index contributed by atoms with van der Waals surface area (Å²) in [6, 6.07) is 9.46. The molecule has 0 amide bonds. The SMILES string of the molecule is Cc1cc(Nc2nc(Nc3cccc(O)c3)ncc2F)cc(Cl)c1O. The highest BCUT2D eigenvalue weighted by Gasteiger charge is 2.10. The molecule has 2 aromatic carbocycles. The maximum absolute atomic E-state index is 14.0. The lowest BCUT2D eigenvalue weighted by molar-refractivity contribution is 0.471. The van der Waals surface area contributed by atoms with Gasteiger partial charge in [-0.2, -0.15) is 4.98 Å². The Morgan fingerprint density at radius 3 is 2.60 bits per heavy atom. The second-order valence-corrected chi connectivity index (χ2v) is 5.72. The highest BCUT2D eigenvalue weighted by molar-refractivity contribution is 6.32. The van der Waals surface area contributed by atoms with Crippen LogP contribution in [0.5, 0.6) is 11.5 Å². The molecule has 128 valence electrons. The van der Waals surface area contributed by atoms with E-state index >= 15 is 0 Å². The maximum Gasteiger partial charge on any atom is 0.229 e. The van der Waals surface area contributed by atoms with Gasteiger partial charge in [-0.15, -0.1) is 0 Å². The number of nitrogens with zero attached hydrogens (tertiary/aromatic N) is 2. The molecule has 0 bridgehead atoms. The van der Waals surface area contributed by atoms with E-state index in [1.807, 2.05) is 0 Å². The van der Waals surface area contributed by atoms with Crippen molar-refractivity contribution in [2.45, 2.75) is 6.92 Å². The van der Waals surface area contributed by atoms with Gasteiger partial charge >= 0.3 is 0 Å². The van der Waals surface area contributed by atoms with Crippen LogP contribution in [-0.4, -0.2) is 20.2 Å². The van der Waals surface area contributed by atoms with Gasteiger partial charge in [0.1, 0.15) is 11.5 Å². The number of rotatable bonds is 4. The lowest BCUT2D eigenvalue weighted by Gasteiger charge is -2.11. The van der Waals surface area contributed by atoms with Gasteiger partial charge in [-0.25, -0.2) is 9.37 Å². The van der Waals surface area contributed by atoms with Gasteiger partial charge in [0, 0.05) is 17.4 Å². The Balaban J connectivity index is 1.87. The number of aromatic nitrogens is 2. The van der Waals surface area contributed by atoms with Gasteiger partial charge in [0.25, 0.3) is 0 Å². The average molecular weight is 361 g/mol. The van der Waals surface area contributed by atoms with Crippen molar-refractivity contribution in [2.24, 2.45) is 0 Å². The van der Waals surface area contributed by atoms with Crippen LogP contribution >= 0.6 is 11.6 Å². The quantitative estimate of drug-likeness (QED) is 0.513. The molecule has 0 radical (unpaired) electrons. The third-order valence-electron chi connectivity index (χ3n) is 3.36. The second kappa shape index (κ2) is 6.82. The zero-order valence-electron chi connectivity index (χ0n) is 13.1. The van der Waals surface area contributed by atoms with Crippen molar-refractivity contribution < 1.29 is 14.6 Å². The minimum absolute atomic E-state index is 0.0263. The average Bonchev–Trinajstić information content (AvgIpc) is 2.56. The van der Waals surface area contributed by atoms with Crippen LogP contribution in [0, 0.1) is 12.7 Å². The first-order valence-corrected chi connectivity index (χ1v) is 7.65. The van der Waals surface area contributed by atoms with E-state index in [1.54, 1.807) is 25.1 Å². The summed E-state index contributed by atoms with van der Waals surface area (Å²) in [5.74, 6) is -0.500. The van der Waals surface area contributed by atoms with E-state index in [-0.39, 0.29) is 28.3 Å². The number of phenols is 2. The number of anilines is 4. The van der Waals surface area contributed by atoms with Gasteiger partial charge < -0.3 is 20.8 Å². The molecule has 6 nitrogen and oxygen atoms in total. The summed E-state index contributed by atoms with van der Waals surface area (Å²) in [5.41, 5.74) is 1.57. The highest BCUT2D eigenvalue weighted by Crippen LogP contribution is 2.32. The molecule has 3 aromatic rings. The van der Waals surface area contributed by atoms with Crippen molar-refractivity contribution in [3.8, 4) is 11.5 Å². The fraction of sp³-hybridized carbons (Fsp3) is 0.0588. The predicted octanol–water partition coefficient (Wildman–Crippen LogP) is 4.48. The number of phenolic OH excluding ortho intramolecular Hbond substituents is 2. The molecule has 1 aromatic heterocycles. The topological polar surface area (TPSA) is 90.3 Å². The van der Waals surface area contributed by atoms with E-state index in [9.17, 15) is 14.6 Å². The predicted molar refractivity (Wildman–Crippen MR) is 94.5 cm³/mol. The zero-order chi connectivity index (χ0) is 18.0. The number of aromatic hydroxyl groups is 2. The zero-order valence-corrected chi connectivity index (χ0v) is 13.8. The molecule has 0 spiro atoms. The van der Waals surface area contributed by atoms with E-state index in [4.69, 9.17) is 11.6 Å². The van der Waals surface area contributed by atoms with E-state index in [1.165, 1.54) is 18.2 Å². The van der Waals surface area contributed by atoms with Crippen LogP contribution in [0.1, 0.15) is 5.56 Å². The Labute approximate surface area is 148 Å². The lowest BCUT2D eigenvalue weighted by atomic mass is 10.2. The van der Waals surface area contributed by atoms with Gasteiger partial charge in [0.15, 0.2) is 11.6 Å². The molecule has 25 heavy (non-hydrogen) atoms. The number of hydrogen-bond acceptors (Lipinski definition) is 6. The van der Waals surface area contributed by atoms with Crippen LogP contribution in [0.2, 0.25) is 5.02 Å². The Hall–Kier alpha value is -3.06. The molecule has 0 atom stereocenters. The summed E-state index contributed by atoms with van der Waals surface area (Å²) in [4.78, 5) is 7.95. The Morgan fingerprint density at radius 1 is 1.08 bits per heavy atom. The van der Waals surface area contributed by atoms with E-state index in [0.29, 0.717) is 16.9 Å². The molecule has 0 saturated carbocycles. The minimum atomic E-state index is -0.650. The van der Waals surface area contributed by atoms with Crippen molar-refractivity contribution in [3.63, 3.8) is 0 Å². The molecule has 8 heteroatoms. The minimum Gasteiger partial charge on any atom is -0.508 e. The molecular weight excluding hydrogens is 347 g/mol. The molecule has 4 N–H and O–H groups in total. The Bertz CT molecular complexity index is 913. The highest BCUT2D eigenvalue weighted by atomic mass is 35.5. The van der Waals surface area contributed by atoms with Gasteiger partial charge in [0.05, 0.1) is 11.2 Å². The summed E-state index contributed by atoms with van der Waals surface area (Å²) in [7, 11) is 0. The summed E-state index contributed by atoms with van der Waals surface area (Å²) >= 11 is 5.93. The number of aryl methyl sites for hydroxylation is 1. The standard InChI is InChI=1S/C17H14ClFN4O2/c1-9-5-11(7-13(18)15(9)25)21-16-14(19)8-20-17(23-16)22-10-3-2-4-12(24)6-10/h2-8,24-25H,1H3,(H2,20,21,22,23). The summed E-state index contributed by atoms with van der Waals surface area (Å²) in [6.07, 6.45) is 1.02. The number of benzene rings is 2. The number of halogens is 2. The molecule has 0 saturated heterocycles. The second-order valence-electron chi connectivity index (χ2n) is 5.31. The largest absolute Gasteiger partial charge is 0.508 e. The van der Waals surface area contributed by atoms with Crippen LogP contribution in [0.4, 0.5) is 27.5 Å². The van der Waals surface area contributed by atoms with Gasteiger partial charge in [0.2, 0.25) is 5.95 Å². The number of hydrogen-bond donors (Lipinski definition) is 4. The molecular formula is C17H14ClFN4O2. The third-order valence-corrected chi connectivity index (χ3v) is 3.65. The van der Waals surface area contributed by atoms with Crippen LogP contribution in [0.25, 0.3) is 0 Å². The van der Waals surface area contributed by atoms with E-state index in [2.05, 4.69) is 20.6 Å².